The second-order valence-corrected chi connectivity index (χ2v) is 8.91. The number of rotatable bonds is 9. The summed E-state index contributed by atoms with van der Waals surface area (Å²) in [6, 6.07) is 17.0. The molecule has 178 valence electrons. The molecule has 3 rings (SSSR count). The van der Waals surface area contributed by atoms with E-state index in [0.717, 1.165) is 43.8 Å². The molecule has 1 heterocycles. The molecular formula is C26H36N4O3. The minimum absolute atomic E-state index is 0.0156. The highest BCUT2D eigenvalue weighted by molar-refractivity contribution is 5.87. The fourth-order valence-corrected chi connectivity index (χ4v) is 4.11. The molecular weight excluding hydrogens is 416 g/mol. The molecule has 0 aliphatic carbocycles. The minimum atomic E-state index is -0.576. The molecule has 1 saturated heterocycles. The summed E-state index contributed by atoms with van der Waals surface area (Å²) in [6.07, 6.45) is 1.76. The van der Waals surface area contributed by atoms with Gasteiger partial charge in [0.25, 0.3) is 0 Å². The smallest absolute Gasteiger partial charge is 0.315 e. The van der Waals surface area contributed by atoms with Crippen molar-refractivity contribution in [1.82, 2.24) is 20.9 Å². The third kappa shape index (κ3) is 7.49. The Labute approximate surface area is 196 Å². The lowest BCUT2D eigenvalue weighted by Crippen LogP contribution is -2.55. The van der Waals surface area contributed by atoms with Gasteiger partial charge in [-0.2, -0.15) is 0 Å². The van der Waals surface area contributed by atoms with Gasteiger partial charge in [0.1, 0.15) is 11.8 Å². The van der Waals surface area contributed by atoms with Crippen molar-refractivity contribution in [2.24, 2.45) is 5.92 Å². The van der Waals surface area contributed by atoms with Crippen LogP contribution in [0.5, 0.6) is 5.75 Å². The molecule has 1 fully saturated rings. The highest BCUT2D eigenvalue weighted by Gasteiger charge is 2.28. The zero-order valence-electron chi connectivity index (χ0n) is 19.8. The van der Waals surface area contributed by atoms with Gasteiger partial charge in [-0.3, -0.25) is 9.69 Å². The summed E-state index contributed by atoms with van der Waals surface area (Å²) < 4.78 is 5.46. The van der Waals surface area contributed by atoms with Crippen LogP contribution in [0.2, 0.25) is 0 Å². The van der Waals surface area contributed by atoms with Gasteiger partial charge in [-0.25, -0.2) is 4.79 Å². The third-order valence-electron chi connectivity index (χ3n) is 6.05. The van der Waals surface area contributed by atoms with E-state index in [1.807, 2.05) is 62.4 Å². The zero-order chi connectivity index (χ0) is 23.6. The van der Waals surface area contributed by atoms with Crippen LogP contribution in [0.25, 0.3) is 0 Å². The Morgan fingerprint density at radius 1 is 1.03 bits per heavy atom. The van der Waals surface area contributed by atoms with E-state index in [0.29, 0.717) is 6.54 Å². The SMILES string of the molecule is COc1ccccc1CN1CCC(NC(=O)C(NC(=O)NCc2ccccc2)C(C)C)CC1. The van der Waals surface area contributed by atoms with Gasteiger partial charge in [-0.1, -0.05) is 62.4 Å². The molecule has 3 amide bonds. The maximum absolute atomic E-state index is 12.9. The topological polar surface area (TPSA) is 82.7 Å². The first-order valence-electron chi connectivity index (χ1n) is 11.7. The number of ether oxygens (including phenoxy) is 1. The fraction of sp³-hybridized carbons (Fsp3) is 0.462. The second-order valence-electron chi connectivity index (χ2n) is 8.91. The first-order valence-corrected chi connectivity index (χ1v) is 11.7. The number of carbonyl (C=O) groups is 2. The van der Waals surface area contributed by atoms with E-state index in [1.54, 1.807) is 7.11 Å². The van der Waals surface area contributed by atoms with E-state index in [4.69, 9.17) is 4.74 Å². The number of benzene rings is 2. The number of hydrogen-bond donors (Lipinski definition) is 3. The van der Waals surface area contributed by atoms with Crippen molar-refractivity contribution in [2.75, 3.05) is 20.2 Å². The van der Waals surface area contributed by atoms with Crippen LogP contribution in [0.4, 0.5) is 4.79 Å². The molecule has 0 bridgehead atoms. The summed E-state index contributed by atoms with van der Waals surface area (Å²) >= 11 is 0. The summed E-state index contributed by atoms with van der Waals surface area (Å²) in [5, 5.41) is 8.83. The molecule has 0 aromatic heterocycles. The maximum Gasteiger partial charge on any atom is 0.315 e. The van der Waals surface area contributed by atoms with Gasteiger partial charge in [-0.05, 0) is 30.4 Å². The van der Waals surface area contributed by atoms with Gasteiger partial charge < -0.3 is 20.7 Å². The van der Waals surface area contributed by atoms with Crippen molar-refractivity contribution in [3.05, 3.63) is 65.7 Å². The average molecular weight is 453 g/mol. The van der Waals surface area contributed by atoms with Gasteiger partial charge in [0.2, 0.25) is 5.91 Å². The molecule has 0 spiro atoms. The number of nitrogens with zero attached hydrogens (tertiary/aromatic N) is 1. The molecule has 1 aliphatic heterocycles. The Bertz CT molecular complexity index is 895. The largest absolute Gasteiger partial charge is 0.496 e. The molecule has 1 atom stereocenters. The summed E-state index contributed by atoms with van der Waals surface area (Å²) in [6.45, 7) is 6.95. The number of urea groups is 1. The summed E-state index contributed by atoms with van der Waals surface area (Å²) in [7, 11) is 1.70. The summed E-state index contributed by atoms with van der Waals surface area (Å²) in [5.41, 5.74) is 2.19. The van der Waals surface area contributed by atoms with Gasteiger partial charge in [-0.15, -0.1) is 0 Å². The Kier molecular flexibility index (Phi) is 9.13. The fourth-order valence-electron chi connectivity index (χ4n) is 4.11. The molecule has 2 aromatic rings. The monoisotopic (exact) mass is 452 g/mol. The highest BCUT2D eigenvalue weighted by atomic mass is 16.5. The highest BCUT2D eigenvalue weighted by Crippen LogP contribution is 2.21. The van der Waals surface area contributed by atoms with E-state index in [-0.39, 0.29) is 23.9 Å². The predicted octanol–water partition coefficient (Wildman–Crippen LogP) is 3.30. The van der Waals surface area contributed by atoms with Crippen LogP contribution in [0.1, 0.15) is 37.8 Å². The Morgan fingerprint density at radius 2 is 1.70 bits per heavy atom. The molecule has 1 unspecified atom stereocenters. The van der Waals surface area contributed by atoms with Crippen molar-refractivity contribution in [1.29, 1.82) is 0 Å². The van der Waals surface area contributed by atoms with E-state index < -0.39 is 6.04 Å². The maximum atomic E-state index is 12.9. The van der Waals surface area contributed by atoms with Crippen LogP contribution in [0.15, 0.2) is 54.6 Å². The second kappa shape index (κ2) is 12.3. The number of likely N-dealkylation sites (tertiary alicyclic amines) is 1. The first-order chi connectivity index (χ1) is 16.0. The molecule has 0 radical (unpaired) electrons. The van der Waals surface area contributed by atoms with Gasteiger partial charge >= 0.3 is 6.03 Å². The molecule has 0 saturated carbocycles. The quantitative estimate of drug-likeness (QED) is 0.545. The number of hydrogen-bond acceptors (Lipinski definition) is 4. The van der Waals surface area contributed by atoms with Crippen LogP contribution in [0.3, 0.4) is 0 Å². The summed E-state index contributed by atoms with van der Waals surface area (Å²) in [5.74, 6) is 0.769. The van der Waals surface area contributed by atoms with Crippen molar-refractivity contribution >= 4 is 11.9 Å². The number of amides is 3. The van der Waals surface area contributed by atoms with Gasteiger partial charge in [0, 0.05) is 37.8 Å². The molecule has 7 heteroatoms. The van der Waals surface area contributed by atoms with Crippen LogP contribution in [-0.2, 0) is 17.9 Å². The van der Waals surface area contributed by atoms with Crippen LogP contribution in [-0.4, -0.2) is 49.1 Å². The number of piperidine rings is 1. The normalized spacial score (nSPS) is 15.6. The lowest BCUT2D eigenvalue weighted by molar-refractivity contribution is -0.124. The van der Waals surface area contributed by atoms with E-state index in [9.17, 15) is 9.59 Å². The molecule has 2 aromatic carbocycles. The standard InChI is InChI=1S/C26H36N4O3/c1-19(2)24(29-26(32)27-17-20-9-5-4-6-10-20)25(31)28-22-13-15-30(16-14-22)18-21-11-7-8-12-23(21)33-3/h4-12,19,22,24H,13-18H2,1-3H3,(H,28,31)(H2,27,29,32). The molecule has 33 heavy (non-hydrogen) atoms. The number of methoxy groups -OCH3 is 1. The van der Waals surface area contributed by atoms with Crippen molar-refractivity contribution in [2.45, 2.75) is 51.9 Å². The van der Waals surface area contributed by atoms with E-state index in [2.05, 4.69) is 26.9 Å². The van der Waals surface area contributed by atoms with Crippen molar-refractivity contribution in [3.8, 4) is 5.75 Å². The lowest BCUT2D eigenvalue weighted by atomic mass is 10.0. The van der Waals surface area contributed by atoms with Crippen LogP contribution < -0.4 is 20.7 Å². The molecule has 7 nitrogen and oxygen atoms in total. The number of para-hydroxylation sites is 1. The Morgan fingerprint density at radius 3 is 2.36 bits per heavy atom. The van der Waals surface area contributed by atoms with E-state index >= 15 is 0 Å². The third-order valence-corrected chi connectivity index (χ3v) is 6.05. The molecule has 1 aliphatic rings. The van der Waals surface area contributed by atoms with Crippen LogP contribution in [0, 0.1) is 5.92 Å². The number of carbonyl (C=O) groups excluding carboxylic acids is 2. The van der Waals surface area contributed by atoms with Crippen molar-refractivity contribution < 1.29 is 14.3 Å². The first kappa shape index (κ1) is 24.6. The predicted molar refractivity (Wildman–Crippen MR) is 130 cm³/mol. The molecule has 3 N–H and O–H groups in total. The van der Waals surface area contributed by atoms with Gasteiger partial charge in [0.15, 0.2) is 0 Å². The van der Waals surface area contributed by atoms with Gasteiger partial charge in [0.05, 0.1) is 7.11 Å². The lowest BCUT2D eigenvalue weighted by Gasteiger charge is -2.33. The van der Waals surface area contributed by atoms with Crippen molar-refractivity contribution in [3.63, 3.8) is 0 Å². The Balaban J connectivity index is 1.45. The average Bonchev–Trinajstić information content (AvgIpc) is 2.83. The minimum Gasteiger partial charge on any atom is -0.496 e. The number of nitrogens with one attached hydrogen (secondary N) is 3. The van der Waals surface area contributed by atoms with E-state index in [1.165, 1.54) is 5.56 Å². The summed E-state index contributed by atoms with van der Waals surface area (Å²) in [4.78, 5) is 27.7. The van der Waals surface area contributed by atoms with Crippen LogP contribution >= 0.6 is 0 Å². The Hall–Kier alpha value is -3.06. The zero-order valence-corrected chi connectivity index (χ0v) is 19.8.